The molecule has 296 valence electrons. The molecule has 0 spiro atoms. The van der Waals surface area contributed by atoms with Gasteiger partial charge in [0.1, 0.15) is 37.7 Å². The first-order chi connectivity index (χ1) is 23.9. The topological polar surface area (TPSA) is 176 Å². The number of carbonyl (C=O) groups excluding carboxylic acids is 5. The van der Waals surface area contributed by atoms with E-state index in [1.807, 2.05) is 69.2 Å². The molecule has 12 heteroatoms. The van der Waals surface area contributed by atoms with Crippen molar-refractivity contribution in [2.45, 2.75) is 116 Å². The summed E-state index contributed by atoms with van der Waals surface area (Å²) in [5.41, 5.74) is -1.03. The highest BCUT2D eigenvalue weighted by molar-refractivity contribution is 5.92. The summed E-state index contributed by atoms with van der Waals surface area (Å²) in [7, 11) is 1.42. The smallest absolute Gasteiger partial charge is 0.342 e. The monoisotopic (exact) mass is 735 g/mol. The third-order valence-corrected chi connectivity index (χ3v) is 8.25. The highest BCUT2D eigenvalue weighted by Crippen LogP contribution is 2.23. The molecule has 1 rings (SSSR count). The van der Waals surface area contributed by atoms with Crippen LogP contribution in [0.3, 0.4) is 0 Å². The van der Waals surface area contributed by atoms with E-state index in [1.165, 1.54) is 19.2 Å². The predicted octanol–water partition coefficient (Wildman–Crippen LogP) is 8.16. The Balaban J connectivity index is -0.000000667. The molecule has 0 fully saturated rings. The molecule has 0 saturated heterocycles. The Bertz CT molecular complexity index is 1320. The third-order valence-electron chi connectivity index (χ3n) is 8.25. The molecule has 0 bridgehead atoms. The van der Waals surface area contributed by atoms with E-state index in [2.05, 4.69) is 17.4 Å². The number of hydrogen-bond donors (Lipinski definition) is 1. The van der Waals surface area contributed by atoms with Crippen LogP contribution in [0.1, 0.15) is 126 Å². The lowest BCUT2D eigenvalue weighted by Gasteiger charge is -2.20. The standard InChI is InChI=1S/C15H20O5.C12H20O4.C7H14O2.C6H11N/c1-4-15(2,3)14(18)20-10-9-19-13(17)11-7-5-6-8-12(11)16;1-6-12(4,5)11(14)16-8-7-15-10(13)9(2)3;1-5-7(2,3)6(8)9-4;1-4-6(2,3)5-7/h5-8,16H,4,9-10H2,1-3H3;2,6-8H2,1,3-5H3;5H2,1-4H3;4H2,1-3H3. The Morgan fingerprint density at radius 1 is 0.673 bits per heavy atom. The van der Waals surface area contributed by atoms with E-state index in [9.17, 15) is 29.1 Å². The van der Waals surface area contributed by atoms with Gasteiger partial charge in [0.05, 0.1) is 34.8 Å². The molecule has 1 N–H and O–H groups in total. The van der Waals surface area contributed by atoms with Gasteiger partial charge in [-0.15, -0.1) is 0 Å². The molecule has 0 unspecified atom stereocenters. The van der Waals surface area contributed by atoms with E-state index >= 15 is 0 Å². The molecular formula is C40H65NO11. The Hall–Kier alpha value is -4.40. The minimum atomic E-state index is -0.645. The number of phenols is 1. The number of nitrogens with zero attached hydrogens (tertiary/aromatic N) is 1. The molecule has 1 aromatic rings. The molecule has 0 amide bonds. The first-order valence-corrected chi connectivity index (χ1v) is 17.5. The number of benzene rings is 1. The van der Waals surface area contributed by atoms with Gasteiger partial charge in [0.2, 0.25) is 0 Å². The van der Waals surface area contributed by atoms with Crippen LogP contribution in [0.15, 0.2) is 36.4 Å². The van der Waals surface area contributed by atoms with Crippen LogP contribution >= 0.6 is 0 Å². The molecule has 0 aliphatic rings. The number of aromatic hydroxyl groups is 1. The molecule has 0 aromatic heterocycles. The number of hydrogen-bond acceptors (Lipinski definition) is 12. The van der Waals surface area contributed by atoms with Crippen molar-refractivity contribution in [3.8, 4) is 11.8 Å². The van der Waals surface area contributed by atoms with E-state index in [-0.39, 0.29) is 66.5 Å². The second-order valence-corrected chi connectivity index (χ2v) is 14.4. The summed E-state index contributed by atoms with van der Waals surface area (Å²) in [4.78, 5) is 56.6. The number of nitriles is 1. The summed E-state index contributed by atoms with van der Waals surface area (Å²) < 4.78 is 24.3. The number of phenolic OH excluding ortho intramolecular Hbond substituents is 1. The van der Waals surface area contributed by atoms with E-state index in [0.717, 1.165) is 12.8 Å². The van der Waals surface area contributed by atoms with Crippen molar-refractivity contribution in [1.29, 1.82) is 5.26 Å². The maximum absolute atomic E-state index is 11.7. The highest BCUT2D eigenvalue weighted by atomic mass is 16.6. The fourth-order valence-electron chi connectivity index (χ4n) is 2.56. The van der Waals surface area contributed by atoms with Gasteiger partial charge in [-0.3, -0.25) is 14.4 Å². The highest BCUT2D eigenvalue weighted by Gasteiger charge is 2.28. The molecule has 0 aliphatic heterocycles. The van der Waals surface area contributed by atoms with Crippen molar-refractivity contribution in [3.05, 3.63) is 42.0 Å². The number of methoxy groups -OCH3 is 1. The van der Waals surface area contributed by atoms with Crippen molar-refractivity contribution in [2.75, 3.05) is 33.5 Å². The Morgan fingerprint density at radius 2 is 1.06 bits per heavy atom. The van der Waals surface area contributed by atoms with Gasteiger partial charge in [0.25, 0.3) is 0 Å². The van der Waals surface area contributed by atoms with Crippen LogP contribution in [0.5, 0.6) is 5.75 Å². The van der Waals surface area contributed by atoms with Crippen LogP contribution in [0, 0.1) is 33.0 Å². The molecular weight excluding hydrogens is 670 g/mol. The summed E-state index contributed by atoms with van der Waals surface area (Å²) in [6, 6.07) is 8.29. The van der Waals surface area contributed by atoms with Crippen LogP contribution in [0.2, 0.25) is 0 Å². The van der Waals surface area contributed by atoms with E-state index in [1.54, 1.807) is 32.9 Å². The van der Waals surface area contributed by atoms with Gasteiger partial charge in [0.15, 0.2) is 0 Å². The predicted molar refractivity (Wildman–Crippen MR) is 200 cm³/mol. The second-order valence-electron chi connectivity index (χ2n) is 14.4. The minimum Gasteiger partial charge on any atom is -0.507 e. The van der Waals surface area contributed by atoms with Crippen molar-refractivity contribution >= 4 is 29.8 Å². The van der Waals surface area contributed by atoms with Crippen molar-refractivity contribution in [1.82, 2.24) is 0 Å². The Kier molecular flexibility index (Phi) is 25.5. The number of ether oxygens (including phenoxy) is 5. The van der Waals surface area contributed by atoms with Gasteiger partial charge in [-0.25, -0.2) is 9.59 Å². The summed E-state index contributed by atoms with van der Waals surface area (Å²) >= 11 is 0. The quantitative estimate of drug-likeness (QED) is 0.0793. The van der Waals surface area contributed by atoms with Gasteiger partial charge in [-0.2, -0.15) is 5.26 Å². The molecule has 12 nitrogen and oxygen atoms in total. The normalized spacial score (nSPS) is 10.9. The first kappa shape index (κ1) is 52.0. The average molecular weight is 736 g/mol. The van der Waals surface area contributed by atoms with Gasteiger partial charge >= 0.3 is 29.8 Å². The number of rotatable bonds is 15. The van der Waals surface area contributed by atoms with Crippen molar-refractivity contribution < 1.29 is 52.8 Å². The lowest BCUT2D eigenvalue weighted by Crippen LogP contribution is -2.27. The lowest BCUT2D eigenvalue weighted by atomic mass is 9.91. The van der Waals surface area contributed by atoms with Crippen LogP contribution in [-0.4, -0.2) is 68.5 Å². The third kappa shape index (κ3) is 22.4. The molecule has 0 aliphatic carbocycles. The number of carbonyl (C=O) groups is 5. The van der Waals surface area contributed by atoms with Gasteiger partial charge in [-0.05, 0) is 100 Å². The zero-order valence-electron chi connectivity index (χ0n) is 34.2. The summed E-state index contributed by atoms with van der Waals surface area (Å²) in [5, 5.41) is 17.8. The first-order valence-electron chi connectivity index (χ1n) is 17.5. The summed E-state index contributed by atoms with van der Waals surface area (Å²) in [6.07, 6.45) is 3.13. The van der Waals surface area contributed by atoms with Gasteiger partial charge < -0.3 is 28.8 Å². The fraction of sp³-hybridized carbons (Fsp3) is 0.650. The number of para-hydroxylation sites is 1. The maximum Gasteiger partial charge on any atom is 0.342 e. The summed E-state index contributed by atoms with van der Waals surface area (Å²) in [5.74, 6) is -1.98. The second kappa shape index (κ2) is 25.5. The van der Waals surface area contributed by atoms with E-state index in [4.69, 9.17) is 24.2 Å². The van der Waals surface area contributed by atoms with Crippen molar-refractivity contribution in [2.24, 2.45) is 21.7 Å². The lowest BCUT2D eigenvalue weighted by molar-refractivity contribution is -0.158. The van der Waals surface area contributed by atoms with Crippen LogP contribution < -0.4 is 0 Å². The zero-order chi connectivity index (χ0) is 41.3. The number of esters is 5. The maximum atomic E-state index is 11.7. The summed E-state index contributed by atoms with van der Waals surface area (Å²) in [6.45, 7) is 27.8. The molecule has 52 heavy (non-hydrogen) atoms. The van der Waals surface area contributed by atoms with E-state index < -0.39 is 22.8 Å². The Morgan fingerprint density at radius 3 is 1.37 bits per heavy atom. The average Bonchev–Trinajstić information content (AvgIpc) is 3.11. The zero-order valence-corrected chi connectivity index (χ0v) is 34.2. The van der Waals surface area contributed by atoms with Crippen LogP contribution in [0.4, 0.5) is 0 Å². The largest absolute Gasteiger partial charge is 0.507 e. The molecule has 0 atom stereocenters. The van der Waals surface area contributed by atoms with Crippen molar-refractivity contribution in [3.63, 3.8) is 0 Å². The SMILES string of the molecule is C=C(C)C(=O)OCCOC(=O)C(C)(C)CC.CCC(C)(C)C#N.CCC(C)(C)C(=O)OC.CCC(C)(C)C(=O)OCCOC(=O)c1ccccc1O. The molecule has 0 radical (unpaired) electrons. The van der Waals surface area contributed by atoms with Crippen LogP contribution in [0.25, 0.3) is 0 Å². The minimum absolute atomic E-state index is 0.00159. The molecule has 0 heterocycles. The van der Waals surface area contributed by atoms with Crippen LogP contribution in [-0.2, 0) is 42.9 Å². The molecule has 0 saturated carbocycles. The van der Waals surface area contributed by atoms with Gasteiger partial charge in [0, 0.05) is 5.57 Å². The fourth-order valence-corrected chi connectivity index (χ4v) is 2.56. The Labute approximate surface area is 312 Å². The molecule has 1 aromatic carbocycles. The van der Waals surface area contributed by atoms with Gasteiger partial charge in [-0.1, -0.05) is 46.4 Å². The van der Waals surface area contributed by atoms with E-state index in [0.29, 0.717) is 18.4 Å².